The third-order valence-electron chi connectivity index (χ3n) is 2.46. The molecule has 1 aliphatic carbocycles. The van der Waals surface area contributed by atoms with Crippen molar-refractivity contribution >= 4 is 0 Å². The third-order valence-corrected chi connectivity index (χ3v) is 2.46. The number of halogens is 2. The maximum absolute atomic E-state index is 12.2. The molecule has 1 aromatic carbocycles. The van der Waals surface area contributed by atoms with Gasteiger partial charge in [0.25, 0.3) is 6.43 Å². The quantitative estimate of drug-likeness (QED) is 0.748. The predicted octanol–water partition coefficient (Wildman–Crippen LogP) is 2.44. The standard InChI is InChI=1S/C10H11F2N/c11-10(12)7-3-1-6(2-4-7)8-5-9(8)13/h1-4,8-10H,5,13H2. The lowest BCUT2D eigenvalue weighted by Crippen LogP contribution is -2.00. The van der Waals surface area contributed by atoms with Gasteiger partial charge in [-0.15, -0.1) is 0 Å². The summed E-state index contributed by atoms with van der Waals surface area (Å²) < 4.78 is 24.3. The number of hydrogen-bond acceptors (Lipinski definition) is 1. The monoisotopic (exact) mass is 183 g/mol. The number of nitrogens with two attached hydrogens (primary N) is 1. The molecule has 0 radical (unpaired) electrons. The highest BCUT2D eigenvalue weighted by molar-refractivity contribution is 5.31. The van der Waals surface area contributed by atoms with Crippen LogP contribution in [-0.2, 0) is 0 Å². The van der Waals surface area contributed by atoms with Crippen molar-refractivity contribution in [2.24, 2.45) is 5.73 Å². The zero-order chi connectivity index (χ0) is 9.42. The zero-order valence-corrected chi connectivity index (χ0v) is 7.08. The SMILES string of the molecule is NC1CC1c1ccc(C(F)F)cc1. The van der Waals surface area contributed by atoms with Crippen molar-refractivity contribution in [2.45, 2.75) is 24.8 Å². The molecule has 3 heteroatoms. The second-order valence-corrected chi connectivity index (χ2v) is 3.47. The van der Waals surface area contributed by atoms with Crippen LogP contribution in [0.25, 0.3) is 0 Å². The molecule has 0 saturated heterocycles. The Bertz CT molecular complexity index is 294. The van der Waals surface area contributed by atoms with Crippen LogP contribution in [0.4, 0.5) is 8.78 Å². The molecule has 0 aliphatic heterocycles. The van der Waals surface area contributed by atoms with Crippen LogP contribution < -0.4 is 5.73 Å². The van der Waals surface area contributed by atoms with Gasteiger partial charge in [-0.2, -0.15) is 0 Å². The van der Waals surface area contributed by atoms with E-state index in [0.717, 1.165) is 12.0 Å². The highest BCUT2D eigenvalue weighted by Gasteiger charge is 2.34. The molecule has 2 unspecified atom stereocenters. The van der Waals surface area contributed by atoms with Crippen LogP contribution >= 0.6 is 0 Å². The van der Waals surface area contributed by atoms with E-state index in [0.29, 0.717) is 5.92 Å². The van der Waals surface area contributed by atoms with Crippen LogP contribution in [0.2, 0.25) is 0 Å². The van der Waals surface area contributed by atoms with E-state index in [4.69, 9.17) is 5.73 Å². The van der Waals surface area contributed by atoms with E-state index in [9.17, 15) is 8.78 Å². The molecular weight excluding hydrogens is 172 g/mol. The number of alkyl halides is 2. The van der Waals surface area contributed by atoms with Gasteiger partial charge in [-0.3, -0.25) is 0 Å². The molecule has 0 bridgehead atoms. The van der Waals surface area contributed by atoms with Gasteiger partial charge in [-0.05, 0) is 12.0 Å². The molecule has 0 amide bonds. The van der Waals surface area contributed by atoms with Crippen molar-refractivity contribution in [3.63, 3.8) is 0 Å². The maximum Gasteiger partial charge on any atom is 0.263 e. The average Bonchev–Trinajstić information content (AvgIpc) is 2.83. The van der Waals surface area contributed by atoms with E-state index >= 15 is 0 Å². The second kappa shape index (κ2) is 3.07. The van der Waals surface area contributed by atoms with Gasteiger partial charge < -0.3 is 5.73 Å². The van der Waals surface area contributed by atoms with E-state index in [1.165, 1.54) is 12.1 Å². The fraction of sp³-hybridized carbons (Fsp3) is 0.400. The van der Waals surface area contributed by atoms with Crippen LogP contribution in [0, 0.1) is 0 Å². The van der Waals surface area contributed by atoms with Crippen LogP contribution in [-0.4, -0.2) is 6.04 Å². The van der Waals surface area contributed by atoms with Gasteiger partial charge in [0.2, 0.25) is 0 Å². The minimum atomic E-state index is -2.37. The first-order valence-corrected chi connectivity index (χ1v) is 4.32. The molecule has 1 nitrogen and oxygen atoms in total. The van der Waals surface area contributed by atoms with Crippen molar-refractivity contribution in [3.8, 4) is 0 Å². The highest BCUT2D eigenvalue weighted by atomic mass is 19.3. The molecule has 13 heavy (non-hydrogen) atoms. The Morgan fingerprint density at radius 1 is 1.23 bits per heavy atom. The summed E-state index contributed by atoms with van der Waals surface area (Å²) in [5, 5.41) is 0. The Hall–Kier alpha value is -0.960. The number of hydrogen-bond donors (Lipinski definition) is 1. The van der Waals surface area contributed by atoms with Crippen molar-refractivity contribution in [1.29, 1.82) is 0 Å². The summed E-state index contributed by atoms with van der Waals surface area (Å²) in [7, 11) is 0. The smallest absolute Gasteiger partial charge is 0.263 e. The maximum atomic E-state index is 12.2. The molecule has 1 saturated carbocycles. The first kappa shape index (κ1) is 8.63. The molecule has 2 N–H and O–H groups in total. The van der Waals surface area contributed by atoms with Crippen LogP contribution in [0.3, 0.4) is 0 Å². The van der Waals surface area contributed by atoms with E-state index in [1.54, 1.807) is 12.1 Å². The summed E-state index contributed by atoms with van der Waals surface area (Å²) in [5.41, 5.74) is 6.81. The van der Waals surface area contributed by atoms with Gasteiger partial charge in [0.15, 0.2) is 0 Å². The lowest BCUT2D eigenvalue weighted by molar-refractivity contribution is 0.151. The van der Waals surface area contributed by atoms with Gasteiger partial charge >= 0.3 is 0 Å². The fourth-order valence-electron chi connectivity index (χ4n) is 1.49. The molecular formula is C10H11F2N. The van der Waals surface area contributed by atoms with Gasteiger partial charge in [0.05, 0.1) is 0 Å². The highest BCUT2D eigenvalue weighted by Crippen LogP contribution is 2.39. The van der Waals surface area contributed by atoms with Crippen molar-refractivity contribution in [2.75, 3.05) is 0 Å². The Morgan fingerprint density at radius 2 is 1.77 bits per heavy atom. The lowest BCUT2D eigenvalue weighted by Gasteiger charge is -2.01. The lowest BCUT2D eigenvalue weighted by atomic mass is 10.1. The van der Waals surface area contributed by atoms with Crippen molar-refractivity contribution in [3.05, 3.63) is 35.4 Å². The van der Waals surface area contributed by atoms with Crippen molar-refractivity contribution in [1.82, 2.24) is 0 Å². The van der Waals surface area contributed by atoms with E-state index < -0.39 is 6.43 Å². The Labute approximate surface area is 75.6 Å². The molecule has 0 spiro atoms. The number of rotatable bonds is 2. The van der Waals surface area contributed by atoms with Crippen LogP contribution in [0.15, 0.2) is 24.3 Å². The first-order chi connectivity index (χ1) is 6.18. The Kier molecular flexibility index (Phi) is 2.04. The molecule has 1 aliphatic rings. The summed E-state index contributed by atoms with van der Waals surface area (Å²) in [5.74, 6) is 0.395. The molecule has 1 aromatic rings. The van der Waals surface area contributed by atoms with Crippen LogP contribution in [0.1, 0.15) is 29.9 Å². The van der Waals surface area contributed by atoms with E-state index in [1.807, 2.05) is 0 Å². The van der Waals surface area contributed by atoms with Crippen LogP contribution in [0.5, 0.6) is 0 Å². The topological polar surface area (TPSA) is 26.0 Å². The summed E-state index contributed by atoms with van der Waals surface area (Å²) >= 11 is 0. The molecule has 1 fully saturated rings. The molecule has 2 atom stereocenters. The number of benzene rings is 1. The summed E-state index contributed by atoms with van der Waals surface area (Å²) in [6.07, 6.45) is -1.39. The Balaban J connectivity index is 2.14. The third kappa shape index (κ3) is 1.70. The van der Waals surface area contributed by atoms with Gasteiger partial charge in [0, 0.05) is 17.5 Å². The predicted molar refractivity (Wildman–Crippen MR) is 46.7 cm³/mol. The Morgan fingerprint density at radius 3 is 2.15 bits per heavy atom. The van der Waals surface area contributed by atoms with E-state index in [2.05, 4.69) is 0 Å². The summed E-state index contributed by atoms with van der Waals surface area (Å²) in [4.78, 5) is 0. The van der Waals surface area contributed by atoms with Gasteiger partial charge in [0.1, 0.15) is 0 Å². The zero-order valence-electron chi connectivity index (χ0n) is 7.08. The molecule has 70 valence electrons. The molecule has 0 aromatic heterocycles. The normalized spacial score (nSPS) is 26.5. The van der Waals surface area contributed by atoms with Gasteiger partial charge in [-0.1, -0.05) is 24.3 Å². The largest absolute Gasteiger partial charge is 0.327 e. The summed E-state index contributed by atoms with van der Waals surface area (Å²) in [6, 6.07) is 6.69. The summed E-state index contributed by atoms with van der Waals surface area (Å²) in [6.45, 7) is 0. The van der Waals surface area contributed by atoms with Crippen molar-refractivity contribution < 1.29 is 8.78 Å². The molecule has 2 rings (SSSR count). The van der Waals surface area contributed by atoms with E-state index in [-0.39, 0.29) is 11.6 Å². The fourth-order valence-corrected chi connectivity index (χ4v) is 1.49. The first-order valence-electron chi connectivity index (χ1n) is 4.32. The average molecular weight is 183 g/mol. The minimum absolute atomic E-state index is 0.0815. The minimum Gasteiger partial charge on any atom is -0.327 e. The second-order valence-electron chi connectivity index (χ2n) is 3.47. The van der Waals surface area contributed by atoms with Gasteiger partial charge in [-0.25, -0.2) is 8.78 Å². The molecule has 0 heterocycles.